The van der Waals surface area contributed by atoms with E-state index in [1.165, 1.54) is 5.69 Å². The first-order valence-corrected chi connectivity index (χ1v) is 8.54. The van der Waals surface area contributed by atoms with Crippen LogP contribution in [0, 0.1) is 6.92 Å². The first kappa shape index (κ1) is 17.4. The molecule has 0 aliphatic heterocycles. The Morgan fingerprint density at radius 2 is 2.04 bits per heavy atom. The zero-order valence-corrected chi connectivity index (χ0v) is 14.6. The van der Waals surface area contributed by atoms with Crippen LogP contribution < -0.4 is 9.88 Å². The van der Waals surface area contributed by atoms with Crippen molar-refractivity contribution in [3.05, 3.63) is 40.9 Å². The van der Waals surface area contributed by atoms with E-state index in [-0.39, 0.29) is 5.97 Å². The maximum atomic E-state index is 11.7. The third-order valence-corrected chi connectivity index (χ3v) is 4.39. The highest BCUT2D eigenvalue weighted by Gasteiger charge is 2.16. The first-order valence-electron chi connectivity index (χ1n) is 7.66. The number of carbonyl (C=O) groups is 1. The molecule has 0 saturated carbocycles. The van der Waals surface area contributed by atoms with Gasteiger partial charge in [0.1, 0.15) is 11.4 Å². The Balaban J connectivity index is 2.06. The summed E-state index contributed by atoms with van der Waals surface area (Å²) in [5.74, 6) is -0.291. The smallest absolute Gasteiger partial charge is 0.339 e. The molecule has 0 aliphatic carbocycles. The molecule has 6 heteroatoms. The molecule has 2 aromatic rings. The van der Waals surface area contributed by atoms with Crippen molar-refractivity contribution < 1.29 is 18.8 Å². The number of esters is 1. The molecule has 0 amide bonds. The van der Waals surface area contributed by atoms with Gasteiger partial charge in [0.25, 0.3) is 0 Å². The standard InChI is InChI=1S/C17H22N2O3S/c1-4-22-16(20)14-6-8-15(9-7-14)18-17-19(10-5-11-21-3)13(2)12-23-17/h6-9,12H,4-5,10-11H2,1-3H3/p+1. The Morgan fingerprint density at radius 3 is 2.70 bits per heavy atom. The van der Waals surface area contributed by atoms with Crippen molar-refractivity contribution >= 4 is 28.1 Å². The highest BCUT2D eigenvalue weighted by molar-refractivity contribution is 7.13. The second kappa shape index (κ2) is 8.64. The molecule has 0 bridgehead atoms. The van der Waals surface area contributed by atoms with E-state index in [1.54, 1.807) is 37.5 Å². The van der Waals surface area contributed by atoms with Crippen LogP contribution in [-0.4, -0.2) is 26.3 Å². The van der Waals surface area contributed by atoms with Gasteiger partial charge in [0.15, 0.2) is 0 Å². The Hall–Kier alpha value is -1.92. The number of aromatic nitrogens is 1. The van der Waals surface area contributed by atoms with Gasteiger partial charge in [0, 0.05) is 25.5 Å². The van der Waals surface area contributed by atoms with E-state index in [1.807, 2.05) is 12.1 Å². The number of anilines is 2. The number of ether oxygens (including phenoxy) is 2. The molecule has 1 aromatic heterocycles. The van der Waals surface area contributed by atoms with Crippen LogP contribution in [0.2, 0.25) is 0 Å². The van der Waals surface area contributed by atoms with Crippen molar-refractivity contribution in [2.24, 2.45) is 0 Å². The van der Waals surface area contributed by atoms with Crippen LogP contribution in [0.4, 0.5) is 10.8 Å². The Bertz CT molecular complexity index is 638. The average Bonchev–Trinajstić information content (AvgIpc) is 2.89. The second-order valence-corrected chi connectivity index (χ2v) is 5.96. The van der Waals surface area contributed by atoms with Crippen LogP contribution in [0.1, 0.15) is 29.4 Å². The molecule has 1 aromatic carbocycles. The molecule has 23 heavy (non-hydrogen) atoms. The van der Waals surface area contributed by atoms with E-state index in [2.05, 4.69) is 22.2 Å². The first-order chi connectivity index (χ1) is 11.2. The van der Waals surface area contributed by atoms with Gasteiger partial charge in [-0.05, 0) is 38.1 Å². The van der Waals surface area contributed by atoms with Crippen LogP contribution in [0.3, 0.4) is 0 Å². The van der Waals surface area contributed by atoms with Crippen LogP contribution in [0.25, 0.3) is 0 Å². The molecule has 0 aliphatic rings. The highest BCUT2D eigenvalue weighted by atomic mass is 32.1. The van der Waals surface area contributed by atoms with Gasteiger partial charge in [-0.15, -0.1) is 0 Å². The van der Waals surface area contributed by atoms with Gasteiger partial charge >= 0.3 is 11.1 Å². The van der Waals surface area contributed by atoms with Crippen molar-refractivity contribution in [3.63, 3.8) is 0 Å². The van der Waals surface area contributed by atoms with Crippen molar-refractivity contribution in [1.29, 1.82) is 0 Å². The lowest BCUT2D eigenvalue weighted by molar-refractivity contribution is -0.685. The maximum Gasteiger partial charge on any atom is 0.339 e. The largest absolute Gasteiger partial charge is 0.462 e. The molecule has 0 atom stereocenters. The summed E-state index contributed by atoms with van der Waals surface area (Å²) in [5.41, 5.74) is 2.73. The zero-order chi connectivity index (χ0) is 16.7. The molecule has 0 saturated heterocycles. The number of thiazole rings is 1. The number of methoxy groups -OCH3 is 1. The summed E-state index contributed by atoms with van der Waals surface area (Å²) in [6, 6.07) is 7.33. The Morgan fingerprint density at radius 1 is 1.30 bits per heavy atom. The molecule has 0 spiro atoms. The van der Waals surface area contributed by atoms with Gasteiger partial charge < -0.3 is 9.47 Å². The number of benzene rings is 1. The molecular formula is C17H23N2O3S+. The maximum absolute atomic E-state index is 11.7. The third kappa shape index (κ3) is 4.77. The summed E-state index contributed by atoms with van der Waals surface area (Å²) in [4.78, 5) is 11.7. The third-order valence-electron chi connectivity index (χ3n) is 3.39. The predicted octanol–water partition coefficient (Wildman–Crippen LogP) is 3.30. The van der Waals surface area contributed by atoms with Gasteiger partial charge in [-0.25, -0.2) is 14.7 Å². The molecule has 0 fully saturated rings. The summed E-state index contributed by atoms with van der Waals surface area (Å²) < 4.78 is 12.3. The summed E-state index contributed by atoms with van der Waals surface area (Å²) >= 11 is 1.67. The number of aryl methyl sites for hydroxylation is 1. The topological polar surface area (TPSA) is 51.4 Å². The molecule has 5 nitrogen and oxygen atoms in total. The van der Waals surface area contributed by atoms with E-state index in [9.17, 15) is 4.79 Å². The van der Waals surface area contributed by atoms with E-state index in [4.69, 9.17) is 9.47 Å². The number of nitrogens with zero attached hydrogens (tertiary/aromatic N) is 1. The Labute approximate surface area is 140 Å². The number of hydrogen-bond donors (Lipinski definition) is 1. The van der Waals surface area contributed by atoms with E-state index in [0.717, 1.165) is 30.4 Å². The number of hydrogen-bond acceptors (Lipinski definition) is 5. The van der Waals surface area contributed by atoms with Gasteiger partial charge in [-0.2, -0.15) is 0 Å². The average molecular weight is 335 g/mol. The molecule has 1 heterocycles. The molecule has 124 valence electrons. The van der Waals surface area contributed by atoms with Crippen molar-refractivity contribution in [3.8, 4) is 0 Å². The zero-order valence-electron chi connectivity index (χ0n) is 13.8. The minimum Gasteiger partial charge on any atom is -0.462 e. The van der Waals surface area contributed by atoms with E-state index < -0.39 is 0 Å². The quantitative estimate of drug-likeness (QED) is 0.457. The summed E-state index contributed by atoms with van der Waals surface area (Å²) in [6.45, 7) is 5.94. The predicted molar refractivity (Wildman–Crippen MR) is 91.4 cm³/mol. The van der Waals surface area contributed by atoms with Crippen molar-refractivity contribution in [2.45, 2.75) is 26.8 Å². The lowest BCUT2D eigenvalue weighted by atomic mass is 10.2. The van der Waals surface area contributed by atoms with Gasteiger partial charge in [-0.1, -0.05) is 11.3 Å². The van der Waals surface area contributed by atoms with Crippen LogP contribution in [-0.2, 0) is 16.0 Å². The lowest BCUT2D eigenvalue weighted by Gasteiger charge is -2.05. The lowest BCUT2D eigenvalue weighted by Crippen LogP contribution is -2.37. The van der Waals surface area contributed by atoms with Crippen LogP contribution in [0.5, 0.6) is 0 Å². The van der Waals surface area contributed by atoms with E-state index in [0.29, 0.717) is 12.2 Å². The van der Waals surface area contributed by atoms with Gasteiger partial charge in [0.2, 0.25) is 0 Å². The monoisotopic (exact) mass is 335 g/mol. The number of rotatable bonds is 8. The van der Waals surface area contributed by atoms with E-state index >= 15 is 0 Å². The number of carbonyl (C=O) groups excluding carboxylic acids is 1. The fourth-order valence-corrected chi connectivity index (χ4v) is 3.15. The molecule has 0 radical (unpaired) electrons. The normalized spacial score (nSPS) is 10.6. The summed E-state index contributed by atoms with van der Waals surface area (Å²) in [6.07, 6.45) is 0.967. The van der Waals surface area contributed by atoms with Crippen LogP contribution in [0.15, 0.2) is 29.6 Å². The minimum atomic E-state index is -0.291. The van der Waals surface area contributed by atoms with Crippen molar-refractivity contribution in [1.82, 2.24) is 0 Å². The van der Waals surface area contributed by atoms with Gasteiger partial charge in [0.05, 0.1) is 18.7 Å². The Kier molecular flexibility index (Phi) is 6.55. The van der Waals surface area contributed by atoms with Crippen molar-refractivity contribution in [2.75, 3.05) is 25.6 Å². The minimum absolute atomic E-state index is 0.291. The summed E-state index contributed by atoms with van der Waals surface area (Å²) in [7, 11) is 1.72. The van der Waals surface area contributed by atoms with Crippen LogP contribution >= 0.6 is 11.3 Å². The number of nitrogens with one attached hydrogen (secondary N) is 1. The SMILES string of the molecule is CCOC(=O)c1ccc(Nc2scc(C)[n+]2CCCOC)cc1. The molecule has 1 N–H and O–H groups in total. The van der Waals surface area contributed by atoms with Gasteiger partial charge in [-0.3, -0.25) is 0 Å². The molecular weight excluding hydrogens is 312 g/mol. The molecule has 0 unspecified atom stereocenters. The second-order valence-electron chi connectivity index (χ2n) is 5.10. The highest BCUT2D eigenvalue weighted by Crippen LogP contribution is 2.20. The summed E-state index contributed by atoms with van der Waals surface area (Å²) in [5, 5.41) is 6.61. The fraction of sp³-hybridized carbons (Fsp3) is 0.412. The fourth-order valence-electron chi connectivity index (χ4n) is 2.20. The molecule has 2 rings (SSSR count).